The maximum atomic E-state index is 6.06. The van der Waals surface area contributed by atoms with Crippen LogP contribution in [0.5, 0.6) is 0 Å². The van der Waals surface area contributed by atoms with Gasteiger partial charge in [-0.1, -0.05) is 24.4 Å². The number of anilines is 2. The Balaban J connectivity index is 1.77. The molecule has 1 fully saturated rings. The van der Waals surface area contributed by atoms with Gasteiger partial charge in [-0.3, -0.25) is 0 Å². The number of likely N-dealkylation sites (tertiary alicyclic amines) is 1. The van der Waals surface area contributed by atoms with Gasteiger partial charge in [0.2, 0.25) is 0 Å². The predicted molar refractivity (Wildman–Crippen MR) is 77.1 cm³/mol. The smallest absolute Gasteiger partial charge is 0.144 e. The van der Waals surface area contributed by atoms with Crippen molar-refractivity contribution >= 4 is 23.1 Å². The Hall–Kier alpha value is -1.00. The summed E-state index contributed by atoms with van der Waals surface area (Å²) in [5.41, 5.74) is 6.20. The van der Waals surface area contributed by atoms with Crippen molar-refractivity contribution in [3.8, 4) is 0 Å². The molecule has 2 heterocycles. The predicted octanol–water partition coefficient (Wildman–Crippen LogP) is 2.61. The Morgan fingerprint density at radius 3 is 2.67 bits per heavy atom. The molecule has 100 valence electrons. The first-order chi connectivity index (χ1) is 8.75. The molecule has 5 heteroatoms. The molecule has 4 nitrogen and oxygen atoms in total. The molecule has 1 aromatic heterocycles. The number of nitrogens with two attached hydrogens (primary N) is 1. The van der Waals surface area contributed by atoms with E-state index in [1.54, 1.807) is 12.3 Å². The van der Waals surface area contributed by atoms with Crippen LogP contribution in [0.15, 0.2) is 12.3 Å². The van der Waals surface area contributed by atoms with Crippen LogP contribution in [0.25, 0.3) is 0 Å². The van der Waals surface area contributed by atoms with Gasteiger partial charge in [0.1, 0.15) is 5.82 Å². The monoisotopic (exact) mass is 268 g/mol. The number of pyridine rings is 1. The van der Waals surface area contributed by atoms with E-state index >= 15 is 0 Å². The fourth-order valence-corrected chi connectivity index (χ4v) is 2.52. The molecule has 0 radical (unpaired) electrons. The zero-order chi connectivity index (χ0) is 12.8. The minimum atomic E-state index is 0.589. The number of halogens is 1. The van der Waals surface area contributed by atoms with E-state index in [0.29, 0.717) is 10.7 Å². The van der Waals surface area contributed by atoms with Crippen LogP contribution in [0, 0.1) is 0 Å². The van der Waals surface area contributed by atoms with Gasteiger partial charge in [0.05, 0.1) is 16.9 Å². The van der Waals surface area contributed by atoms with E-state index in [1.807, 2.05) is 0 Å². The van der Waals surface area contributed by atoms with Crippen LogP contribution in [-0.4, -0.2) is 36.1 Å². The lowest BCUT2D eigenvalue weighted by Gasteiger charge is -2.20. The molecule has 0 amide bonds. The summed E-state index contributed by atoms with van der Waals surface area (Å²) in [5.74, 6) is 0.723. The summed E-state index contributed by atoms with van der Waals surface area (Å²) >= 11 is 6.06. The second kappa shape index (κ2) is 6.81. The molecule has 0 aliphatic carbocycles. The average molecular weight is 269 g/mol. The minimum Gasteiger partial charge on any atom is -0.397 e. The second-order valence-corrected chi connectivity index (χ2v) is 5.19. The molecule has 2 rings (SSSR count). The molecular weight excluding hydrogens is 248 g/mol. The number of aromatic nitrogens is 1. The van der Waals surface area contributed by atoms with Crippen molar-refractivity contribution in [2.45, 2.75) is 25.7 Å². The van der Waals surface area contributed by atoms with Crippen molar-refractivity contribution < 1.29 is 0 Å². The van der Waals surface area contributed by atoms with E-state index in [0.717, 1.165) is 18.9 Å². The van der Waals surface area contributed by atoms with E-state index < -0.39 is 0 Å². The molecule has 0 atom stereocenters. The Morgan fingerprint density at radius 2 is 2.00 bits per heavy atom. The molecular formula is C13H21ClN4. The van der Waals surface area contributed by atoms with Crippen molar-refractivity contribution in [1.29, 1.82) is 0 Å². The highest BCUT2D eigenvalue weighted by molar-refractivity contribution is 6.33. The van der Waals surface area contributed by atoms with E-state index in [9.17, 15) is 0 Å². The lowest BCUT2D eigenvalue weighted by atomic mass is 10.2. The van der Waals surface area contributed by atoms with E-state index in [4.69, 9.17) is 17.3 Å². The number of nitrogens with zero attached hydrogens (tertiary/aromatic N) is 2. The highest BCUT2D eigenvalue weighted by Gasteiger charge is 2.08. The summed E-state index contributed by atoms with van der Waals surface area (Å²) in [6, 6.07) is 1.73. The fraction of sp³-hybridized carbons (Fsp3) is 0.615. The number of hydrogen-bond acceptors (Lipinski definition) is 4. The number of nitrogen functional groups attached to an aromatic ring is 1. The Bertz CT molecular complexity index is 375. The third-order valence-corrected chi connectivity index (χ3v) is 3.57. The highest BCUT2D eigenvalue weighted by Crippen LogP contribution is 2.20. The molecule has 1 aliphatic heterocycles. The third kappa shape index (κ3) is 4.03. The van der Waals surface area contributed by atoms with Gasteiger partial charge in [0.25, 0.3) is 0 Å². The molecule has 1 aliphatic rings. The van der Waals surface area contributed by atoms with Crippen molar-refractivity contribution in [2.75, 3.05) is 37.2 Å². The number of hydrogen-bond donors (Lipinski definition) is 2. The first kappa shape index (κ1) is 13.4. The standard InChI is InChI=1S/C13H21ClN4/c14-12-9-11(15)10-17-13(12)16-5-8-18-6-3-1-2-4-7-18/h9-10H,1-8,15H2,(H,16,17). The summed E-state index contributed by atoms with van der Waals surface area (Å²) in [7, 11) is 0. The zero-order valence-corrected chi connectivity index (χ0v) is 11.4. The van der Waals surface area contributed by atoms with Gasteiger partial charge in [-0.15, -0.1) is 0 Å². The van der Waals surface area contributed by atoms with Crippen molar-refractivity contribution in [1.82, 2.24) is 9.88 Å². The van der Waals surface area contributed by atoms with Gasteiger partial charge in [-0.25, -0.2) is 4.98 Å². The van der Waals surface area contributed by atoms with Crippen LogP contribution >= 0.6 is 11.6 Å². The molecule has 1 saturated heterocycles. The quantitative estimate of drug-likeness (QED) is 0.881. The number of nitrogens with one attached hydrogen (secondary N) is 1. The maximum absolute atomic E-state index is 6.06. The fourth-order valence-electron chi connectivity index (χ4n) is 2.27. The van der Waals surface area contributed by atoms with Gasteiger partial charge in [0, 0.05) is 13.1 Å². The summed E-state index contributed by atoms with van der Waals surface area (Å²) in [6.45, 7) is 4.34. The Morgan fingerprint density at radius 1 is 1.28 bits per heavy atom. The van der Waals surface area contributed by atoms with Crippen LogP contribution in [0.2, 0.25) is 5.02 Å². The van der Waals surface area contributed by atoms with Gasteiger partial charge < -0.3 is 16.0 Å². The zero-order valence-electron chi connectivity index (χ0n) is 10.7. The molecule has 0 saturated carbocycles. The third-order valence-electron chi connectivity index (χ3n) is 3.28. The molecule has 0 bridgehead atoms. The summed E-state index contributed by atoms with van der Waals surface area (Å²) < 4.78 is 0. The van der Waals surface area contributed by atoms with Crippen molar-refractivity contribution in [2.24, 2.45) is 0 Å². The first-order valence-electron chi connectivity index (χ1n) is 6.63. The van der Waals surface area contributed by atoms with Crippen molar-refractivity contribution in [3.63, 3.8) is 0 Å². The topological polar surface area (TPSA) is 54.2 Å². The summed E-state index contributed by atoms with van der Waals surface area (Å²) in [6.07, 6.45) is 7.01. The number of rotatable bonds is 4. The van der Waals surface area contributed by atoms with Crippen LogP contribution < -0.4 is 11.1 Å². The van der Waals surface area contributed by atoms with Gasteiger partial charge in [0.15, 0.2) is 0 Å². The van der Waals surface area contributed by atoms with Crippen LogP contribution in [0.4, 0.5) is 11.5 Å². The van der Waals surface area contributed by atoms with E-state index in [2.05, 4.69) is 15.2 Å². The van der Waals surface area contributed by atoms with E-state index in [1.165, 1.54) is 38.8 Å². The lowest BCUT2D eigenvalue weighted by Crippen LogP contribution is -2.30. The molecule has 0 spiro atoms. The van der Waals surface area contributed by atoms with Gasteiger partial charge >= 0.3 is 0 Å². The Labute approximate surface area is 114 Å². The van der Waals surface area contributed by atoms with E-state index in [-0.39, 0.29) is 0 Å². The molecule has 18 heavy (non-hydrogen) atoms. The highest BCUT2D eigenvalue weighted by atomic mass is 35.5. The van der Waals surface area contributed by atoms with Crippen LogP contribution in [0.3, 0.4) is 0 Å². The van der Waals surface area contributed by atoms with Gasteiger partial charge in [-0.05, 0) is 32.0 Å². The minimum absolute atomic E-state index is 0.589. The van der Waals surface area contributed by atoms with Crippen LogP contribution in [0.1, 0.15) is 25.7 Å². The summed E-state index contributed by atoms with van der Waals surface area (Å²) in [5, 5.41) is 3.86. The lowest BCUT2D eigenvalue weighted by molar-refractivity contribution is 0.296. The van der Waals surface area contributed by atoms with Crippen molar-refractivity contribution in [3.05, 3.63) is 17.3 Å². The Kier molecular flexibility index (Phi) is 5.08. The van der Waals surface area contributed by atoms with Crippen LogP contribution in [-0.2, 0) is 0 Å². The van der Waals surface area contributed by atoms with Gasteiger partial charge in [-0.2, -0.15) is 0 Å². The largest absolute Gasteiger partial charge is 0.397 e. The second-order valence-electron chi connectivity index (χ2n) is 4.78. The average Bonchev–Trinajstić information content (AvgIpc) is 2.60. The first-order valence-corrected chi connectivity index (χ1v) is 7.01. The molecule has 0 aromatic carbocycles. The summed E-state index contributed by atoms with van der Waals surface area (Å²) in [4.78, 5) is 6.70. The SMILES string of the molecule is Nc1cnc(NCCN2CCCCCC2)c(Cl)c1. The maximum Gasteiger partial charge on any atom is 0.144 e. The molecule has 1 aromatic rings. The normalized spacial score (nSPS) is 17.4. The molecule has 0 unspecified atom stereocenters. The molecule has 3 N–H and O–H groups in total.